The second-order valence-corrected chi connectivity index (χ2v) is 8.74. The number of nitrogens with zero attached hydrogens (tertiary/aromatic N) is 1. The molecule has 0 N–H and O–H groups in total. The molecule has 0 radical (unpaired) electrons. The average molecular weight is 389 g/mol. The number of methoxy groups -OCH3 is 1. The van der Waals surface area contributed by atoms with Crippen LogP contribution in [0.25, 0.3) is 0 Å². The lowest BCUT2D eigenvalue weighted by Crippen LogP contribution is -2.53. The number of esters is 1. The number of rotatable bonds is 6. The third-order valence-electron chi connectivity index (χ3n) is 4.32. The Balaban J connectivity index is 2.43. The largest absolute Gasteiger partial charge is 0.467 e. The van der Waals surface area contributed by atoms with Gasteiger partial charge >= 0.3 is 5.97 Å². The zero-order valence-corrected chi connectivity index (χ0v) is 16.6. The van der Waals surface area contributed by atoms with Crippen LogP contribution in [0.2, 0.25) is 0 Å². The van der Waals surface area contributed by atoms with Crippen molar-refractivity contribution in [1.82, 2.24) is 4.90 Å². The molecule has 0 fully saturated rings. The SMILES string of the molecule is COC(=O)C(C)(C)N(Cc1ccccc1)C(=O)c1ccc(S(C)(=O)=O)cc1. The Morgan fingerprint density at radius 3 is 2.04 bits per heavy atom. The van der Waals surface area contributed by atoms with E-state index in [2.05, 4.69) is 0 Å². The molecule has 144 valence electrons. The van der Waals surface area contributed by atoms with Crippen LogP contribution in [0, 0.1) is 0 Å². The molecule has 1 amide bonds. The van der Waals surface area contributed by atoms with Crippen molar-refractivity contribution < 1.29 is 22.7 Å². The molecule has 0 aliphatic heterocycles. The number of benzene rings is 2. The summed E-state index contributed by atoms with van der Waals surface area (Å²) >= 11 is 0. The second kappa shape index (κ2) is 7.92. The predicted molar refractivity (Wildman–Crippen MR) is 102 cm³/mol. The number of carbonyl (C=O) groups excluding carboxylic acids is 2. The molecule has 0 atom stereocenters. The zero-order chi connectivity index (χ0) is 20.2. The van der Waals surface area contributed by atoms with Crippen LogP contribution < -0.4 is 0 Å². The molecule has 6 nitrogen and oxygen atoms in total. The first-order valence-electron chi connectivity index (χ1n) is 8.32. The number of carbonyl (C=O) groups is 2. The first-order valence-corrected chi connectivity index (χ1v) is 10.2. The van der Waals surface area contributed by atoms with E-state index in [0.29, 0.717) is 0 Å². The van der Waals surface area contributed by atoms with E-state index in [1.54, 1.807) is 13.8 Å². The Bertz CT molecular complexity index is 919. The van der Waals surface area contributed by atoms with E-state index in [1.165, 1.54) is 36.3 Å². The minimum atomic E-state index is -3.36. The van der Waals surface area contributed by atoms with Crippen LogP contribution in [0.1, 0.15) is 29.8 Å². The van der Waals surface area contributed by atoms with E-state index in [-0.39, 0.29) is 17.0 Å². The molecule has 2 rings (SSSR count). The van der Waals surface area contributed by atoms with E-state index in [4.69, 9.17) is 4.74 Å². The number of hydrogen-bond acceptors (Lipinski definition) is 5. The van der Waals surface area contributed by atoms with Crippen LogP contribution in [0.5, 0.6) is 0 Å². The van der Waals surface area contributed by atoms with Crippen molar-refractivity contribution in [2.24, 2.45) is 0 Å². The Kier molecular flexibility index (Phi) is 6.05. The number of ether oxygens (including phenoxy) is 1. The van der Waals surface area contributed by atoms with E-state index >= 15 is 0 Å². The zero-order valence-electron chi connectivity index (χ0n) is 15.8. The lowest BCUT2D eigenvalue weighted by Gasteiger charge is -2.36. The van der Waals surface area contributed by atoms with Crippen molar-refractivity contribution in [3.05, 3.63) is 65.7 Å². The molecule has 0 aromatic heterocycles. The minimum Gasteiger partial charge on any atom is -0.467 e. The van der Waals surface area contributed by atoms with Gasteiger partial charge in [0.15, 0.2) is 9.84 Å². The van der Waals surface area contributed by atoms with Crippen LogP contribution >= 0.6 is 0 Å². The predicted octanol–water partition coefficient (Wildman–Crippen LogP) is 2.68. The van der Waals surface area contributed by atoms with Crippen molar-refractivity contribution in [2.75, 3.05) is 13.4 Å². The van der Waals surface area contributed by atoms with Gasteiger partial charge in [-0.3, -0.25) is 4.79 Å². The van der Waals surface area contributed by atoms with Crippen LogP contribution in [0.4, 0.5) is 0 Å². The molecule has 7 heteroatoms. The Morgan fingerprint density at radius 1 is 1.00 bits per heavy atom. The third-order valence-corrected chi connectivity index (χ3v) is 5.45. The molecular weight excluding hydrogens is 366 g/mol. The molecular formula is C20H23NO5S. The summed E-state index contributed by atoms with van der Waals surface area (Å²) in [6.45, 7) is 3.44. The van der Waals surface area contributed by atoms with Gasteiger partial charge in [-0.1, -0.05) is 30.3 Å². The first-order chi connectivity index (χ1) is 12.6. The van der Waals surface area contributed by atoms with Crippen LogP contribution in [-0.2, 0) is 25.9 Å². The van der Waals surface area contributed by atoms with Crippen molar-refractivity contribution in [1.29, 1.82) is 0 Å². The summed E-state index contributed by atoms with van der Waals surface area (Å²) < 4.78 is 28.1. The fourth-order valence-corrected chi connectivity index (χ4v) is 3.28. The van der Waals surface area contributed by atoms with Crippen LogP contribution in [-0.4, -0.2) is 44.1 Å². The Labute approximate surface area is 159 Å². The van der Waals surface area contributed by atoms with E-state index in [0.717, 1.165) is 11.8 Å². The summed E-state index contributed by atoms with van der Waals surface area (Å²) in [5.74, 6) is -0.936. The summed E-state index contributed by atoms with van der Waals surface area (Å²) in [6.07, 6.45) is 1.10. The summed E-state index contributed by atoms with van der Waals surface area (Å²) in [7, 11) is -2.08. The summed E-state index contributed by atoms with van der Waals surface area (Å²) in [5, 5.41) is 0. The molecule has 0 unspecified atom stereocenters. The van der Waals surface area contributed by atoms with Gasteiger partial charge in [-0.2, -0.15) is 0 Å². The average Bonchev–Trinajstić information content (AvgIpc) is 2.65. The standard InChI is InChI=1S/C20H23NO5S/c1-20(2,19(23)26-3)21(14-15-8-6-5-7-9-15)18(22)16-10-12-17(13-11-16)27(4,24)25/h5-13H,14H2,1-4H3. The second-order valence-electron chi connectivity index (χ2n) is 6.72. The number of hydrogen-bond donors (Lipinski definition) is 0. The van der Waals surface area contributed by atoms with Gasteiger partial charge in [0, 0.05) is 18.4 Å². The Morgan fingerprint density at radius 2 is 1.56 bits per heavy atom. The monoisotopic (exact) mass is 389 g/mol. The molecule has 0 saturated heterocycles. The molecule has 2 aromatic carbocycles. The fraction of sp³-hybridized carbons (Fsp3) is 0.300. The fourth-order valence-electron chi connectivity index (χ4n) is 2.65. The quantitative estimate of drug-likeness (QED) is 0.710. The van der Waals surface area contributed by atoms with Gasteiger partial charge in [-0.25, -0.2) is 13.2 Å². The molecule has 27 heavy (non-hydrogen) atoms. The highest BCUT2D eigenvalue weighted by atomic mass is 32.2. The molecule has 0 saturated carbocycles. The lowest BCUT2D eigenvalue weighted by molar-refractivity contribution is -0.151. The van der Waals surface area contributed by atoms with Crippen molar-refractivity contribution >= 4 is 21.7 Å². The summed E-state index contributed by atoms with van der Waals surface area (Å²) in [6, 6.07) is 15.0. The molecule has 0 bridgehead atoms. The maximum absolute atomic E-state index is 13.1. The lowest BCUT2D eigenvalue weighted by atomic mass is 9.99. The normalized spacial score (nSPS) is 11.7. The van der Waals surface area contributed by atoms with E-state index in [9.17, 15) is 18.0 Å². The van der Waals surface area contributed by atoms with Crippen molar-refractivity contribution in [2.45, 2.75) is 30.8 Å². The van der Waals surface area contributed by atoms with Gasteiger partial charge in [0.05, 0.1) is 12.0 Å². The minimum absolute atomic E-state index is 0.126. The van der Waals surface area contributed by atoms with Crippen molar-refractivity contribution in [3.63, 3.8) is 0 Å². The molecule has 0 aliphatic rings. The van der Waals surface area contributed by atoms with Gasteiger partial charge in [-0.05, 0) is 43.7 Å². The van der Waals surface area contributed by atoms with Gasteiger partial charge < -0.3 is 9.64 Å². The first kappa shape index (κ1) is 20.6. The third kappa shape index (κ3) is 4.74. The Hall–Kier alpha value is -2.67. The van der Waals surface area contributed by atoms with Gasteiger partial charge in [-0.15, -0.1) is 0 Å². The smallest absolute Gasteiger partial charge is 0.331 e. The highest BCUT2D eigenvalue weighted by Crippen LogP contribution is 2.23. The molecule has 2 aromatic rings. The molecule has 0 spiro atoms. The van der Waals surface area contributed by atoms with Gasteiger partial charge in [0.25, 0.3) is 5.91 Å². The summed E-state index contributed by atoms with van der Waals surface area (Å²) in [5.41, 5.74) is -0.0668. The van der Waals surface area contributed by atoms with E-state index < -0.39 is 27.3 Å². The number of amides is 1. The summed E-state index contributed by atoms with van der Waals surface area (Å²) in [4.78, 5) is 27.0. The van der Waals surface area contributed by atoms with Crippen molar-refractivity contribution in [3.8, 4) is 0 Å². The number of sulfone groups is 1. The maximum atomic E-state index is 13.1. The topological polar surface area (TPSA) is 80.8 Å². The van der Waals surface area contributed by atoms with E-state index in [1.807, 2.05) is 30.3 Å². The highest BCUT2D eigenvalue weighted by Gasteiger charge is 2.39. The molecule has 0 aliphatic carbocycles. The van der Waals surface area contributed by atoms with Crippen LogP contribution in [0.3, 0.4) is 0 Å². The maximum Gasteiger partial charge on any atom is 0.331 e. The van der Waals surface area contributed by atoms with Gasteiger partial charge in [0.2, 0.25) is 0 Å². The molecule has 0 heterocycles. The highest BCUT2D eigenvalue weighted by molar-refractivity contribution is 7.90. The van der Waals surface area contributed by atoms with Crippen LogP contribution in [0.15, 0.2) is 59.5 Å². The van der Waals surface area contributed by atoms with Gasteiger partial charge in [0.1, 0.15) is 5.54 Å².